The number of benzene rings is 1. The lowest BCUT2D eigenvalue weighted by atomic mass is 10.0. The van der Waals surface area contributed by atoms with E-state index in [9.17, 15) is 33.8 Å². The highest BCUT2D eigenvalue weighted by Crippen LogP contribution is 2.47. The van der Waals surface area contributed by atoms with Crippen molar-refractivity contribution < 1.29 is 33.8 Å². The quantitative estimate of drug-likeness (QED) is 0.541. The van der Waals surface area contributed by atoms with Gasteiger partial charge in [0, 0.05) is 11.6 Å². The van der Waals surface area contributed by atoms with Crippen molar-refractivity contribution >= 4 is 31.1 Å². The summed E-state index contributed by atoms with van der Waals surface area (Å²) in [6.07, 6.45) is 3.48. The van der Waals surface area contributed by atoms with Crippen LogP contribution in [0.1, 0.15) is 51.0 Å². The second-order valence-corrected chi connectivity index (χ2v) is 9.98. The number of anilines is 1. The normalized spacial score (nSPS) is 20.8. The van der Waals surface area contributed by atoms with Crippen LogP contribution >= 0.6 is 7.60 Å². The van der Waals surface area contributed by atoms with Crippen LogP contribution in [0.5, 0.6) is 0 Å². The lowest BCUT2D eigenvalue weighted by Crippen LogP contribution is -2.56. The van der Waals surface area contributed by atoms with Gasteiger partial charge in [-0.25, -0.2) is 0 Å². The standard InChI is InChI=1S/C21H29N2O7P/c1-2-18(31(28,29)30)23(20(26)15-8-3-4-9-15)17-12-11-14-7-5-6-10-16(14)22(21(17)27)13-19(24)25/h5-7,10,15,17-18H,2-4,8-9,11-13H2,1H3,(H,24,25)(H2,28,29,30)/t17-,18?/m0/s1. The molecule has 2 aliphatic rings. The zero-order valence-electron chi connectivity index (χ0n) is 17.5. The Morgan fingerprint density at radius 3 is 2.42 bits per heavy atom. The van der Waals surface area contributed by atoms with E-state index in [1.54, 1.807) is 31.2 Å². The number of hydrogen-bond acceptors (Lipinski definition) is 4. The van der Waals surface area contributed by atoms with Crippen LogP contribution in [0.25, 0.3) is 0 Å². The van der Waals surface area contributed by atoms with Crippen LogP contribution in [0.15, 0.2) is 24.3 Å². The molecule has 0 radical (unpaired) electrons. The molecule has 1 unspecified atom stereocenters. The van der Waals surface area contributed by atoms with Crippen LogP contribution < -0.4 is 4.90 Å². The summed E-state index contributed by atoms with van der Waals surface area (Å²) >= 11 is 0. The number of nitrogens with zero attached hydrogens (tertiary/aromatic N) is 2. The van der Waals surface area contributed by atoms with E-state index in [2.05, 4.69) is 0 Å². The number of rotatable bonds is 7. The number of aryl methyl sites for hydroxylation is 1. The third kappa shape index (κ3) is 5.00. The first-order valence-electron chi connectivity index (χ1n) is 10.6. The highest BCUT2D eigenvalue weighted by Gasteiger charge is 2.46. The Labute approximate surface area is 181 Å². The maximum absolute atomic E-state index is 13.6. The first-order chi connectivity index (χ1) is 14.6. The molecule has 0 bridgehead atoms. The number of carbonyl (C=O) groups is 3. The van der Waals surface area contributed by atoms with Crippen LogP contribution in [0, 0.1) is 5.92 Å². The summed E-state index contributed by atoms with van der Waals surface area (Å²) in [6, 6.07) is 5.80. The smallest absolute Gasteiger partial charge is 0.347 e. The number of amides is 2. The van der Waals surface area contributed by atoms with Crippen LogP contribution in [0.4, 0.5) is 5.69 Å². The number of aliphatic carboxylic acids is 1. The van der Waals surface area contributed by atoms with Gasteiger partial charge in [0.05, 0.1) is 0 Å². The van der Waals surface area contributed by atoms with Crippen molar-refractivity contribution in [2.75, 3.05) is 11.4 Å². The summed E-state index contributed by atoms with van der Waals surface area (Å²) in [5, 5.41) is 9.39. The molecule has 170 valence electrons. The zero-order chi connectivity index (χ0) is 22.8. The molecule has 1 saturated carbocycles. The van der Waals surface area contributed by atoms with Gasteiger partial charge in [0.2, 0.25) is 11.8 Å². The van der Waals surface area contributed by atoms with Gasteiger partial charge in [0.15, 0.2) is 0 Å². The van der Waals surface area contributed by atoms with Gasteiger partial charge in [-0.1, -0.05) is 38.0 Å². The van der Waals surface area contributed by atoms with Gasteiger partial charge in [-0.15, -0.1) is 0 Å². The Kier molecular flexibility index (Phi) is 7.19. The summed E-state index contributed by atoms with van der Waals surface area (Å²) in [5.41, 5.74) is 1.21. The van der Waals surface area contributed by atoms with Gasteiger partial charge >= 0.3 is 13.6 Å². The van der Waals surface area contributed by atoms with Crippen LogP contribution in [-0.4, -0.2) is 55.9 Å². The minimum absolute atomic E-state index is 0.0155. The molecular weight excluding hydrogens is 423 g/mol. The van der Waals surface area contributed by atoms with Crippen LogP contribution in [0.3, 0.4) is 0 Å². The van der Waals surface area contributed by atoms with E-state index in [0.717, 1.165) is 28.2 Å². The summed E-state index contributed by atoms with van der Waals surface area (Å²) in [5.74, 6) is -4.06. The van der Waals surface area contributed by atoms with E-state index in [-0.39, 0.29) is 18.8 Å². The molecular formula is C21H29N2O7P. The van der Waals surface area contributed by atoms with Gasteiger partial charge in [0.25, 0.3) is 0 Å². The fourth-order valence-electron chi connectivity index (χ4n) is 4.74. The van der Waals surface area contributed by atoms with E-state index in [0.29, 0.717) is 24.9 Å². The molecule has 1 aromatic carbocycles. The monoisotopic (exact) mass is 452 g/mol. The number of hydrogen-bond donors (Lipinski definition) is 3. The molecule has 31 heavy (non-hydrogen) atoms. The van der Waals surface area contributed by atoms with E-state index >= 15 is 0 Å². The lowest BCUT2D eigenvalue weighted by Gasteiger charge is -2.39. The molecule has 1 aliphatic heterocycles. The highest BCUT2D eigenvalue weighted by atomic mass is 31.2. The number of carbonyl (C=O) groups excluding carboxylic acids is 2. The Morgan fingerprint density at radius 1 is 1.19 bits per heavy atom. The minimum Gasteiger partial charge on any atom is -0.480 e. The largest absolute Gasteiger partial charge is 0.480 e. The highest BCUT2D eigenvalue weighted by molar-refractivity contribution is 7.52. The van der Waals surface area contributed by atoms with Crippen LogP contribution in [0.2, 0.25) is 0 Å². The van der Waals surface area contributed by atoms with Gasteiger partial charge in [-0.3, -0.25) is 23.8 Å². The van der Waals surface area contributed by atoms with E-state index in [1.165, 1.54) is 0 Å². The van der Waals surface area contributed by atoms with Gasteiger partial charge in [-0.05, 0) is 43.7 Å². The molecule has 2 amide bonds. The number of fused-ring (bicyclic) bond motifs is 1. The first kappa shape index (κ1) is 23.4. The first-order valence-corrected chi connectivity index (χ1v) is 12.3. The Bertz CT molecular complexity index is 893. The average molecular weight is 452 g/mol. The predicted octanol–water partition coefficient (Wildman–Crippen LogP) is 2.35. The molecule has 2 atom stereocenters. The van der Waals surface area contributed by atoms with E-state index in [1.807, 2.05) is 0 Å². The van der Waals surface area contributed by atoms with Crippen molar-refractivity contribution in [3.8, 4) is 0 Å². The SMILES string of the molecule is CCC(N(C(=O)C1CCCC1)[C@H]1CCc2ccccc2N(CC(=O)O)C1=O)P(=O)(O)O. The summed E-state index contributed by atoms with van der Waals surface area (Å²) in [6.45, 7) is 0.980. The molecule has 3 N–H and O–H groups in total. The second kappa shape index (κ2) is 9.51. The Hall–Kier alpha value is -2.22. The topological polar surface area (TPSA) is 135 Å². The van der Waals surface area contributed by atoms with Gasteiger partial charge in [-0.2, -0.15) is 0 Å². The summed E-state index contributed by atoms with van der Waals surface area (Å²) < 4.78 is 12.3. The fraction of sp³-hybridized carbons (Fsp3) is 0.571. The molecule has 1 heterocycles. The molecule has 9 nitrogen and oxygen atoms in total. The number of carboxylic acid groups (broad SMARTS) is 1. The third-order valence-electron chi connectivity index (χ3n) is 6.18. The van der Waals surface area contributed by atoms with Gasteiger partial charge in [0.1, 0.15) is 18.4 Å². The van der Waals surface area contributed by atoms with Crippen molar-refractivity contribution in [3.05, 3.63) is 29.8 Å². The third-order valence-corrected chi connectivity index (χ3v) is 7.57. The van der Waals surface area contributed by atoms with E-state index < -0.39 is 43.7 Å². The predicted molar refractivity (Wildman–Crippen MR) is 113 cm³/mol. The van der Waals surface area contributed by atoms with Crippen molar-refractivity contribution in [1.82, 2.24) is 4.90 Å². The Morgan fingerprint density at radius 2 is 1.84 bits per heavy atom. The molecule has 1 fully saturated rings. The average Bonchev–Trinajstić information content (AvgIpc) is 3.21. The van der Waals surface area contributed by atoms with Crippen molar-refractivity contribution in [1.29, 1.82) is 0 Å². The van der Waals surface area contributed by atoms with Crippen molar-refractivity contribution in [2.24, 2.45) is 5.92 Å². The molecule has 0 saturated heterocycles. The maximum Gasteiger partial charge on any atom is 0.347 e. The van der Waals surface area contributed by atoms with Crippen molar-refractivity contribution in [2.45, 2.75) is 63.7 Å². The number of para-hydroxylation sites is 1. The number of carboxylic acids is 1. The van der Waals surface area contributed by atoms with Gasteiger partial charge < -0.3 is 19.8 Å². The minimum atomic E-state index is -4.74. The molecule has 0 aromatic heterocycles. The van der Waals surface area contributed by atoms with Crippen LogP contribution in [-0.2, 0) is 25.4 Å². The summed E-state index contributed by atoms with van der Waals surface area (Å²) in [7, 11) is -4.74. The molecule has 10 heteroatoms. The lowest BCUT2D eigenvalue weighted by molar-refractivity contribution is -0.144. The summed E-state index contributed by atoms with van der Waals surface area (Å²) in [4.78, 5) is 60.8. The molecule has 1 aliphatic carbocycles. The molecule has 0 spiro atoms. The Balaban J connectivity index is 2.07. The maximum atomic E-state index is 13.6. The zero-order valence-corrected chi connectivity index (χ0v) is 18.4. The van der Waals surface area contributed by atoms with E-state index in [4.69, 9.17) is 0 Å². The molecule has 1 aromatic rings. The second-order valence-electron chi connectivity index (χ2n) is 8.21. The molecule has 3 rings (SSSR count). The van der Waals surface area contributed by atoms with Crippen molar-refractivity contribution in [3.63, 3.8) is 0 Å². The fourth-order valence-corrected chi connectivity index (χ4v) is 5.82.